The van der Waals surface area contributed by atoms with Crippen LogP contribution in [0.5, 0.6) is 0 Å². The molecule has 1 saturated heterocycles. The Balaban J connectivity index is 0.00000158. The second-order valence-electron chi connectivity index (χ2n) is 8.11. The minimum absolute atomic E-state index is 0.185. The zero-order valence-electron chi connectivity index (χ0n) is 20.2. The van der Waals surface area contributed by atoms with E-state index in [1.165, 1.54) is 29.9 Å². The molecule has 0 radical (unpaired) electrons. The van der Waals surface area contributed by atoms with Crippen molar-refractivity contribution < 1.29 is 4.79 Å². The quantitative estimate of drug-likeness (QED) is 0.476. The molecule has 2 aromatic carbocycles. The molecule has 0 atom stereocenters. The van der Waals surface area contributed by atoms with Crippen LogP contribution in [0.3, 0.4) is 0 Å². The van der Waals surface area contributed by atoms with Crippen LogP contribution in [0.15, 0.2) is 48.5 Å². The Morgan fingerprint density at radius 3 is 2.47 bits per heavy atom. The van der Waals surface area contributed by atoms with Crippen molar-refractivity contribution in [1.29, 1.82) is 5.26 Å². The number of ketones is 1. The maximum atomic E-state index is 12.8. The minimum atomic E-state index is -0.235. The summed E-state index contributed by atoms with van der Waals surface area (Å²) >= 11 is 1.21. The third kappa shape index (κ3) is 5.93. The predicted octanol–water partition coefficient (Wildman–Crippen LogP) is 5.13. The monoisotopic (exact) mass is 476 g/mol. The highest BCUT2D eigenvalue weighted by atomic mass is 32.1. The fraction of sp³-hybridized carbons (Fsp3) is 0.346. The smallest absolute Gasteiger partial charge is 0.206 e. The summed E-state index contributed by atoms with van der Waals surface area (Å²) in [6, 6.07) is 17.5. The summed E-state index contributed by atoms with van der Waals surface area (Å²) in [5, 5.41) is 12.9. The minimum Gasteiger partial charge on any atom is -0.382 e. The van der Waals surface area contributed by atoms with Crippen molar-refractivity contribution in [2.45, 2.75) is 32.7 Å². The van der Waals surface area contributed by atoms with Crippen molar-refractivity contribution in [3.05, 3.63) is 64.5 Å². The van der Waals surface area contributed by atoms with Gasteiger partial charge in [-0.05, 0) is 63.3 Å². The topological polar surface area (TPSA) is 98.3 Å². The fourth-order valence-electron chi connectivity index (χ4n) is 3.93. The van der Waals surface area contributed by atoms with Gasteiger partial charge in [-0.15, -0.1) is 0 Å². The van der Waals surface area contributed by atoms with Gasteiger partial charge in [-0.25, -0.2) is 4.98 Å². The Hall–Kier alpha value is -3.41. The average Bonchev–Trinajstić information content (AvgIpc) is 3.25. The van der Waals surface area contributed by atoms with Crippen molar-refractivity contribution in [1.82, 2.24) is 9.88 Å². The number of nitrogens with two attached hydrogens (primary N) is 1. The molecule has 3 aromatic rings. The molecule has 0 saturated carbocycles. The van der Waals surface area contributed by atoms with Gasteiger partial charge in [0, 0.05) is 36.1 Å². The number of hydrogen-bond donors (Lipinski definition) is 2. The van der Waals surface area contributed by atoms with Gasteiger partial charge in [0.25, 0.3) is 0 Å². The highest BCUT2D eigenvalue weighted by Crippen LogP contribution is 2.31. The van der Waals surface area contributed by atoms with E-state index in [0.717, 1.165) is 18.8 Å². The normalized spacial score (nSPS) is 13.7. The molecule has 1 fully saturated rings. The first-order valence-corrected chi connectivity index (χ1v) is 12.4. The molecule has 4 rings (SSSR count). The van der Waals surface area contributed by atoms with E-state index in [-0.39, 0.29) is 11.6 Å². The molecule has 0 aliphatic carbocycles. The fourth-order valence-corrected chi connectivity index (χ4v) is 4.80. The highest BCUT2D eigenvalue weighted by molar-refractivity contribution is 7.18. The second-order valence-corrected chi connectivity index (χ2v) is 9.11. The molecular weight excluding hydrogens is 444 g/mol. The molecule has 7 nitrogen and oxygen atoms in total. The van der Waals surface area contributed by atoms with Crippen molar-refractivity contribution in [3.8, 4) is 6.07 Å². The summed E-state index contributed by atoms with van der Waals surface area (Å²) in [6.07, 6.45) is 2.33. The number of thiazole rings is 1. The van der Waals surface area contributed by atoms with Crippen LogP contribution in [0.1, 0.15) is 47.5 Å². The van der Waals surface area contributed by atoms with E-state index in [0.29, 0.717) is 27.2 Å². The summed E-state index contributed by atoms with van der Waals surface area (Å²) in [4.78, 5) is 22.2. The number of carbonyl (C=O) groups is 1. The second kappa shape index (κ2) is 11.6. The van der Waals surface area contributed by atoms with Crippen LogP contribution in [0.2, 0.25) is 0 Å². The van der Waals surface area contributed by atoms with E-state index in [1.54, 1.807) is 24.3 Å². The van der Waals surface area contributed by atoms with E-state index < -0.39 is 0 Å². The van der Waals surface area contributed by atoms with E-state index in [2.05, 4.69) is 46.3 Å². The molecule has 178 valence electrons. The van der Waals surface area contributed by atoms with Crippen LogP contribution < -0.4 is 16.0 Å². The van der Waals surface area contributed by atoms with Crippen molar-refractivity contribution in [2.75, 3.05) is 43.1 Å². The van der Waals surface area contributed by atoms with Crippen LogP contribution in [0.25, 0.3) is 0 Å². The van der Waals surface area contributed by atoms with Crippen LogP contribution >= 0.6 is 11.3 Å². The Bertz CT molecular complexity index is 1140. The first-order chi connectivity index (χ1) is 16.4. The summed E-state index contributed by atoms with van der Waals surface area (Å²) in [7, 11) is 4.29. The highest BCUT2D eigenvalue weighted by Gasteiger charge is 2.21. The number of hydrogen-bond acceptors (Lipinski definition) is 8. The molecule has 0 unspecified atom stereocenters. The van der Waals surface area contributed by atoms with Gasteiger partial charge in [0.1, 0.15) is 10.7 Å². The number of carbonyl (C=O) groups excluding carboxylic acids is 1. The Morgan fingerprint density at radius 1 is 1.18 bits per heavy atom. The zero-order chi connectivity index (χ0) is 24.7. The third-order valence-corrected chi connectivity index (χ3v) is 6.78. The number of piperidine rings is 1. The molecule has 1 aliphatic heterocycles. The first kappa shape index (κ1) is 25.2. The predicted molar refractivity (Wildman–Crippen MR) is 141 cm³/mol. The van der Waals surface area contributed by atoms with Crippen LogP contribution in [0, 0.1) is 11.3 Å². The Kier molecular flexibility index (Phi) is 8.63. The van der Waals surface area contributed by atoms with Gasteiger partial charge in [-0.2, -0.15) is 5.26 Å². The van der Waals surface area contributed by atoms with Crippen molar-refractivity contribution in [3.63, 3.8) is 0 Å². The maximum Gasteiger partial charge on any atom is 0.206 e. The summed E-state index contributed by atoms with van der Waals surface area (Å²) in [5.74, 6) is -0.0492. The zero-order valence-corrected chi connectivity index (χ0v) is 21.0. The first-order valence-electron chi connectivity index (χ1n) is 11.5. The number of nitrogens with one attached hydrogen (secondary N) is 1. The lowest BCUT2D eigenvalue weighted by molar-refractivity contribution is 0.104. The molecule has 0 amide bonds. The van der Waals surface area contributed by atoms with Gasteiger partial charge in [-0.3, -0.25) is 4.79 Å². The molecule has 2 heterocycles. The molecule has 1 aromatic heterocycles. The lowest BCUT2D eigenvalue weighted by Gasteiger charge is -2.36. The lowest BCUT2D eigenvalue weighted by atomic mass is 10.0. The van der Waals surface area contributed by atoms with Gasteiger partial charge >= 0.3 is 0 Å². The van der Waals surface area contributed by atoms with Gasteiger partial charge in [0.05, 0.1) is 11.6 Å². The van der Waals surface area contributed by atoms with E-state index in [1.807, 2.05) is 32.0 Å². The lowest BCUT2D eigenvalue weighted by Crippen LogP contribution is -2.41. The van der Waals surface area contributed by atoms with Crippen LogP contribution in [0.4, 0.5) is 22.3 Å². The maximum absolute atomic E-state index is 12.8. The number of nitrogens with zero attached hydrogens (tertiary/aromatic N) is 4. The molecule has 34 heavy (non-hydrogen) atoms. The summed E-state index contributed by atoms with van der Waals surface area (Å²) in [6.45, 7) is 6.11. The molecule has 0 spiro atoms. The molecule has 1 aliphatic rings. The van der Waals surface area contributed by atoms with E-state index >= 15 is 0 Å². The third-order valence-electron chi connectivity index (χ3n) is 5.79. The SMILES string of the molecule is CC.CN(C)C1CCN(c2ccc(Nc3nc(N)c(C(=O)c4cccc(C#N)c4)s3)cc2)CC1. The Morgan fingerprint density at radius 2 is 1.85 bits per heavy atom. The average molecular weight is 477 g/mol. The number of anilines is 4. The van der Waals surface area contributed by atoms with Crippen molar-refractivity contribution >= 4 is 39.4 Å². The standard InChI is InChI=1S/C24H26N6OS.C2H6/c1-29(2)19-10-12-30(13-11-19)20-8-6-18(7-9-20)27-24-28-23(26)22(32-24)21(31)17-5-3-4-16(14-17)15-25;1-2/h3-9,14,19H,10-13,26H2,1-2H3,(H,27,28);1-2H3. The number of benzene rings is 2. The van der Waals surface area contributed by atoms with Crippen molar-refractivity contribution in [2.24, 2.45) is 0 Å². The number of nitrogen functional groups attached to an aromatic ring is 1. The largest absolute Gasteiger partial charge is 0.382 e. The number of aromatic nitrogens is 1. The molecular formula is C26H32N6OS. The summed E-state index contributed by atoms with van der Waals surface area (Å²) in [5.41, 5.74) is 8.97. The number of nitriles is 1. The van der Waals surface area contributed by atoms with Gasteiger partial charge in [0.15, 0.2) is 5.13 Å². The summed E-state index contributed by atoms with van der Waals surface area (Å²) < 4.78 is 0. The van der Waals surface area contributed by atoms with Gasteiger partial charge in [0.2, 0.25) is 5.78 Å². The Labute approximate surface area is 205 Å². The molecule has 0 bridgehead atoms. The number of rotatable bonds is 6. The van der Waals surface area contributed by atoms with E-state index in [4.69, 9.17) is 11.0 Å². The molecule has 3 N–H and O–H groups in total. The van der Waals surface area contributed by atoms with Crippen LogP contribution in [-0.2, 0) is 0 Å². The van der Waals surface area contributed by atoms with Crippen LogP contribution in [-0.4, -0.2) is 48.9 Å². The molecule has 8 heteroatoms. The van der Waals surface area contributed by atoms with E-state index in [9.17, 15) is 4.79 Å². The van der Waals surface area contributed by atoms with Gasteiger partial charge < -0.3 is 20.9 Å². The van der Waals surface area contributed by atoms with Gasteiger partial charge in [-0.1, -0.05) is 37.3 Å².